The summed E-state index contributed by atoms with van der Waals surface area (Å²) >= 11 is 0. The molecule has 0 aliphatic carbocycles. The summed E-state index contributed by atoms with van der Waals surface area (Å²) in [5.41, 5.74) is 1.71. The molecule has 0 aliphatic heterocycles. The number of esters is 2. The maximum absolute atomic E-state index is 12.0. The first-order valence-electron chi connectivity index (χ1n) is 8.39. The predicted molar refractivity (Wildman–Crippen MR) is 101 cm³/mol. The second-order valence-corrected chi connectivity index (χ2v) is 5.68. The summed E-state index contributed by atoms with van der Waals surface area (Å²) in [5, 5.41) is 2.53. The maximum atomic E-state index is 12.0. The monoisotopic (exact) mass is 367 g/mol. The Bertz CT molecular complexity index is 787. The second-order valence-electron chi connectivity index (χ2n) is 5.68. The molecule has 0 saturated heterocycles. The van der Waals surface area contributed by atoms with Crippen molar-refractivity contribution in [2.45, 2.75) is 12.5 Å². The highest BCUT2D eigenvalue weighted by molar-refractivity contribution is 5.90. The number of hydrogen-bond acceptors (Lipinski definition) is 5. The van der Waals surface area contributed by atoms with E-state index in [1.54, 1.807) is 6.08 Å². The van der Waals surface area contributed by atoms with Crippen LogP contribution in [0.5, 0.6) is 0 Å². The number of amides is 1. The first-order chi connectivity index (χ1) is 13.1. The normalized spacial score (nSPS) is 11.6. The van der Waals surface area contributed by atoms with Gasteiger partial charge in [0.25, 0.3) is 5.91 Å². The van der Waals surface area contributed by atoms with E-state index in [9.17, 15) is 14.4 Å². The molecule has 27 heavy (non-hydrogen) atoms. The van der Waals surface area contributed by atoms with Crippen LogP contribution in [0.1, 0.15) is 11.1 Å². The van der Waals surface area contributed by atoms with E-state index in [-0.39, 0.29) is 6.42 Å². The Hall–Kier alpha value is -3.41. The molecule has 0 unspecified atom stereocenters. The summed E-state index contributed by atoms with van der Waals surface area (Å²) in [6.07, 6.45) is 3.11. The van der Waals surface area contributed by atoms with E-state index in [4.69, 9.17) is 9.47 Å². The van der Waals surface area contributed by atoms with Gasteiger partial charge in [0, 0.05) is 12.5 Å². The molecule has 1 atom stereocenters. The van der Waals surface area contributed by atoms with Crippen LogP contribution in [0.2, 0.25) is 0 Å². The quantitative estimate of drug-likeness (QED) is 0.571. The first-order valence-corrected chi connectivity index (χ1v) is 8.39. The number of rotatable bonds is 8. The summed E-state index contributed by atoms with van der Waals surface area (Å²) < 4.78 is 9.63. The average Bonchev–Trinajstić information content (AvgIpc) is 2.71. The van der Waals surface area contributed by atoms with Crippen molar-refractivity contribution < 1.29 is 23.9 Å². The van der Waals surface area contributed by atoms with Crippen LogP contribution in [0.25, 0.3) is 6.08 Å². The van der Waals surface area contributed by atoms with Crippen LogP contribution in [0.4, 0.5) is 0 Å². The molecule has 0 fully saturated rings. The lowest BCUT2D eigenvalue weighted by atomic mass is 10.1. The van der Waals surface area contributed by atoms with Gasteiger partial charge in [0.2, 0.25) is 0 Å². The van der Waals surface area contributed by atoms with E-state index in [0.29, 0.717) is 0 Å². The van der Waals surface area contributed by atoms with Crippen LogP contribution in [0, 0.1) is 0 Å². The molecular weight excluding hydrogens is 346 g/mol. The van der Waals surface area contributed by atoms with E-state index in [0.717, 1.165) is 11.1 Å². The molecule has 2 aromatic rings. The smallest absolute Gasteiger partial charge is 0.331 e. The molecule has 0 aromatic heterocycles. The highest BCUT2D eigenvalue weighted by Gasteiger charge is 2.22. The summed E-state index contributed by atoms with van der Waals surface area (Å²) in [7, 11) is 1.25. The minimum atomic E-state index is -0.858. The lowest BCUT2D eigenvalue weighted by Gasteiger charge is -2.16. The molecule has 2 aromatic carbocycles. The van der Waals surface area contributed by atoms with Crippen LogP contribution >= 0.6 is 0 Å². The molecule has 2 rings (SSSR count). The van der Waals surface area contributed by atoms with Gasteiger partial charge in [-0.05, 0) is 17.2 Å². The summed E-state index contributed by atoms with van der Waals surface area (Å²) in [6, 6.07) is 17.6. The van der Waals surface area contributed by atoms with Crippen LogP contribution in [-0.2, 0) is 30.3 Å². The van der Waals surface area contributed by atoms with E-state index in [1.807, 2.05) is 60.7 Å². The third-order valence-electron chi connectivity index (χ3n) is 3.66. The Labute approximate surface area is 157 Å². The van der Waals surface area contributed by atoms with Crippen LogP contribution < -0.4 is 5.32 Å². The summed E-state index contributed by atoms with van der Waals surface area (Å²) in [6.45, 7) is -0.486. The highest BCUT2D eigenvalue weighted by atomic mass is 16.5. The van der Waals surface area contributed by atoms with E-state index in [1.165, 1.54) is 13.2 Å². The van der Waals surface area contributed by atoms with Crippen molar-refractivity contribution in [3.63, 3.8) is 0 Å². The van der Waals surface area contributed by atoms with Gasteiger partial charge in [-0.2, -0.15) is 0 Å². The van der Waals surface area contributed by atoms with Gasteiger partial charge in [-0.25, -0.2) is 9.59 Å². The third-order valence-corrected chi connectivity index (χ3v) is 3.66. The van der Waals surface area contributed by atoms with E-state index in [2.05, 4.69) is 5.32 Å². The standard InChI is InChI=1S/C21H21NO5/c1-26-21(25)18(14-17-10-6-3-7-11-17)22-19(23)15-27-20(24)13-12-16-8-4-2-5-9-16/h2-13,18H,14-15H2,1H3,(H,22,23)/b13-12+/t18-/m0/s1. The zero-order valence-electron chi connectivity index (χ0n) is 15.0. The number of benzene rings is 2. The van der Waals surface area contributed by atoms with Gasteiger partial charge >= 0.3 is 11.9 Å². The van der Waals surface area contributed by atoms with Crippen molar-refractivity contribution in [1.82, 2.24) is 5.32 Å². The summed E-state index contributed by atoms with van der Waals surface area (Å²) in [5.74, 6) is -1.79. The lowest BCUT2D eigenvalue weighted by molar-refractivity contribution is -0.147. The Morgan fingerprint density at radius 2 is 1.63 bits per heavy atom. The Morgan fingerprint density at radius 3 is 2.26 bits per heavy atom. The number of carbonyl (C=O) groups is 3. The molecule has 1 N–H and O–H groups in total. The van der Waals surface area contributed by atoms with Crippen LogP contribution in [-0.4, -0.2) is 37.6 Å². The van der Waals surface area contributed by atoms with Crippen molar-refractivity contribution in [2.75, 3.05) is 13.7 Å². The fourth-order valence-electron chi connectivity index (χ4n) is 2.33. The Morgan fingerprint density at radius 1 is 1.00 bits per heavy atom. The minimum Gasteiger partial charge on any atom is -0.467 e. The number of methoxy groups -OCH3 is 1. The van der Waals surface area contributed by atoms with Crippen molar-refractivity contribution in [3.8, 4) is 0 Å². The van der Waals surface area contributed by atoms with Crippen molar-refractivity contribution >= 4 is 23.9 Å². The zero-order chi connectivity index (χ0) is 19.5. The Kier molecular flexibility index (Phi) is 7.78. The van der Waals surface area contributed by atoms with Gasteiger partial charge in [0.15, 0.2) is 6.61 Å². The fourth-order valence-corrected chi connectivity index (χ4v) is 2.33. The van der Waals surface area contributed by atoms with Crippen molar-refractivity contribution in [3.05, 3.63) is 77.9 Å². The van der Waals surface area contributed by atoms with Gasteiger partial charge in [-0.15, -0.1) is 0 Å². The number of carbonyl (C=O) groups excluding carboxylic acids is 3. The topological polar surface area (TPSA) is 81.7 Å². The zero-order valence-corrected chi connectivity index (χ0v) is 15.0. The molecular formula is C21H21NO5. The van der Waals surface area contributed by atoms with E-state index >= 15 is 0 Å². The molecule has 0 aliphatic rings. The molecule has 140 valence electrons. The minimum absolute atomic E-state index is 0.279. The van der Waals surface area contributed by atoms with Crippen molar-refractivity contribution in [1.29, 1.82) is 0 Å². The molecule has 6 nitrogen and oxygen atoms in total. The molecule has 0 radical (unpaired) electrons. The second kappa shape index (κ2) is 10.6. The average molecular weight is 367 g/mol. The largest absolute Gasteiger partial charge is 0.467 e. The van der Waals surface area contributed by atoms with Crippen LogP contribution in [0.3, 0.4) is 0 Å². The third kappa shape index (κ3) is 7.15. The maximum Gasteiger partial charge on any atom is 0.331 e. The molecule has 0 bridgehead atoms. The SMILES string of the molecule is COC(=O)[C@H](Cc1ccccc1)NC(=O)COC(=O)/C=C/c1ccccc1. The summed E-state index contributed by atoms with van der Waals surface area (Å²) in [4.78, 5) is 35.6. The van der Waals surface area contributed by atoms with E-state index < -0.39 is 30.5 Å². The van der Waals surface area contributed by atoms with Gasteiger partial charge in [0.1, 0.15) is 6.04 Å². The Balaban J connectivity index is 1.85. The molecule has 0 saturated carbocycles. The molecule has 0 spiro atoms. The number of nitrogens with one attached hydrogen (secondary N) is 1. The van der Waals surface area contributed by atoms with Gasteiger partial charge in [-0.3, -0.25) is 4.79 Å². The molecule has 0 heterocycles. The number of ether oxygens (including phenoxy) is 2. The van der Waals surface area contributed by atoms with Gasteiger partial charge < -0.3 is 14.8 Å². The number of hydrogen-bond donors (Lipinski definition) is 1. The van der Waals surface area contributed by atoms with Crippen LogP contribution in [0.15, 0.2) is 66.7 Å². The molecule has 6 heteroatoms. The predicted octanol–water partition coefficient (Wildman–Crippen LogP) is 2.14. The van der Waals surface area contributed by atoms with Crippen molar-refractivity contribution in [2.24, 2.45) is 0 Å². The fraction of sp³-hybridized carbons (Fsp3) is 0.190. The first kappa shape index (κ1) is 19.9. The molecule has 1 amide bonds. The van der Waals surface area contributed by atoms with Gasteiger partial charge in [-0.1, -0.05) is 60.7 Å². The van der Waals surface area contributed by atoms with Gasteiger partial charge in [0.05, 0.1) is 7.11 Å². The highest BCUT2D eigenvalue weighted by Crippen LogP contribution is 2.05. The lowest BCUT2D eigenvalue weighted by Crippen LogP contribution is -2.44.